The van der Waals surface area contributed by atoms with E-state index in [1.807, 2.05) is 0 Å². The zero-order valence-corrected chi connectivity index (χ0v) is 9.89. The lowest BCUT2D eigenvalue weighted by Gasteiger charge is -2.10. The SMILES string of the molecule is O=c1[nH]cnc2cc(OCC3CCOC3)ccc12. The molecule has 1 aromatic carbocycles. The summed E-state index contributed by atoms with van der Waals surface area (Å²) in [7, 11) is 0. The molecule has 5 heteroatoms. The molecule has 1 atom stereocenters. The van der Waals surface area contributed by atoms with Crippen LogP contribution >= 0.6 is 0 Å². The Morgan fingerprint density at radius 1 is 1.50 bits per heavy atom. The van der Waals surface area contributed by atoms with Crippen molar-refractivity contribution < 1.29 is 9.47 Å². The summed E-state index contributed by atoms with van der Waals surface area (Å²) < 4.78 is 11.0. The van der Waals surface area contributed by atoms with Gasteiger partial charge in [-0.1, -0.05) is 0 Å². The molecule has 1 aliphatic rings. The van der Waals surface area contributed by atoms with Crippen molar-refractivity contribution >= 4 is 10.9 Å². The van der Waals surface area contributed by atoms with E-state index in [9.17, 15) is 4.79 Å². The van der Waals surface area contributed by atoms with E-state index in [1.54, 1.807) is 18.2 Å². The molecule has 2 aromatic rings. The van der Waals surface area contributed by atoms with Crippen LogP contribution in [-0.2, 0) is 4.74 Å². The van der Waals surface area contributed by atoms with E-state index >= 15 is 0 Å². The molecular weight excluding hydrogens is 232 g/mol. The first-order chi connectivity index (χ1) is 8.83. The van der Waals surface area contributed by atoms with Crippen LogP contribution in [0.25, 0.3) is 10.9 Å². The number of aromatic amines is 1. The van der Waals surface area contributed by atoms with Crippen LogP contribution < -0.4 is 10.3 Å². The fraction of sp³-hybridized carbons (Fsp3) is 0.385. The van der Waals surface area contributed by atoms with Gasteiger partial charge in [-0.25, -0.2) is 4.98 Å². The molecule has 0 spiro atoms. The molecule has 1 N–H and O–H groups in total. The van der Waals surface area contributed by atoms with Crippen molar-refractivity contribution in [3.63, 3.8) is 0 Å². The van der Waals surface area contributed by atoms with Crippen molar-refractivity contribution in [2.75, 3.05) is 19.8 Å². The van der Waals surface area contributed by atoms with Gasteiger partial charge in [0.25, 0.3) is 5.56 Å². The Morgan fingerprint density at radius 2 is 2.44 bits per heavy atom. The average Bonchev–Trinajstić information content (AvgIpc) is 2.90. The highest BCUT2D eigenvalue weighted by molar-refractivity contribution is 5.78. The van der Waals surface area contributed by atoms with Gasteiger partial charge in [0.1, 0.15) is 5.75 Å². The largest absolute Gasteiger partial charge is 0.493 e. The maximum atomic E-state index is 11.5. The van der Waals surface area contributed by atoms with Gasteiger partial charge in [0.15, 0.2) is 0 Å². The van der Waals surface area contributed by atoms with Crippen molar-refractivity contribution in [1.29, 1.82) is 0 Å². The number of nitrogens with one attached hydrogen (secondary N) is 1. The third-order valence-electron chi connectivity index (χ3n) is 3.12. The molecule has 1 fully saturated rings. The average molecular weight is 246 g/mol. The molecule has 3 rings (SSSR count). The van der Waals surface area contributed by atoms with E-state index < -0.39 is 0 Å². The fourth-order valence-corrected chi connectivity index (χ4v) is 2.07. The topological polar surface area (TPSA) is 64.2 Å². The van der Waals surface area contributed by atoms with Crippen LogP contribution in [0.5, 0.6) is 5.75 Å². The Hall–Kier alpha value is -1.88. The van der Waals surface area contributed by atoms with Gasteiger partial charge >= 0.3 is 0 Å². The van der Waals surface area contributed by atoms with Crippen molar-refractivity contribution in [3.05, 3.63) is 34.9 Å². The molecule has 0 radical (unpaired) electrons. The normalized spacial score (nSPS) is 19.2. The molecule has 1 aliphatic heterocycles. The summed E-state index contributed by atoms with van der Waals surface area (Å²) in [5, 5.41) is 0.578. The molecule has 1 saturated heterocycles. The molecule has 5 nitrogen and oxygen atoms in total. The lowest BCUT2D eigenvalue weighted by Crippen LogP contribution is -2.12. The molecule has 0 amide bonds. The van der Waals surface area contributed by atoms with E-state index in [4.69, 9.17) is 9.47 Å². The minimum absolute atomic E-state index is 0.129. The van der Waals surface area contributed by atoms with Crippen LogP contribution in [0, 0.1) is 5.92 Å². The van der Waals surface area contributed by atoms with E-state index in [1.165, 1.54) is 6.33 Å². The Bertz CT molecular complexity index is 602. The molecule has 0 aliphatic carbocycles. The van der Waals surface area contributed by atoms with Crippen LogP contribution in [0.4, 0.5) is 0 Å². The summed E-state index contributed by atoms with van der Waals surface area (Å²) in [4.78, 5) is 18.2. The highest BCUT2D eigenvalue weighted by Gasteiger charge is 2.16. The van der Waals surface area contributed by atoms with Crippen LogP contribution in [0.3, 0.4) is 0 Å². The Morgan fingerprint density at radius 3 is 3.28 bits per heavy atom. The number of rotatable bonds is 3. The van der Waals surface area contributed by atoms with Crippen molar-refractivity contribution in [2.24, 2.45) is 5.92 Å². The molecule has 18 heavy (non-hydrogen) atoms. The molecular formula is C13H14N2O3. The van der Waals surface area contributed by atoms with Gasteiger partial charge in [-0.05, 0) is 18.6 Å². The number of hydrogen-bond donors (Lipinski definition) is 1. The first-order valence-electron chi connectivity index (χ1n) is 6.01. The monoisotopic (exact) mass is 246 g/mol. The summed E-state index contributed by atoms with van der Waals surface area (Å²) in [5.74, 6) is 1.21. The van der Waals surface area contributed by atoms with Crippen molar-refractivity contribution in [3.8, 4) is 5.75 Å². The first-order valence-corrected chi connectivity index (χ1v) is 6.01. The first kappa shape index (κ1) is 11.2. The summed E-state index contributed by atoms with van der Waals surface area (Å²) in [6.07, 6.45) is 2.45. The van der Waals surface area contributed by atoms with Crippen molar-refractivity contribution in [1.82, 2.24) is 9.97 Å². The minimum atomic E-state index is -0.129. The molecule has 0 saturated carbocycles. The van der Waals surface area contributed by atoms with Crippen LogP contribution in [0.1, 0.15) is 6.42 Å². The van der Waals surface area contributed by atoms with E-state index in [2.05, 4.69) is 9.97 Å². The zero-order valence-electron chi connectivity index (χ0n) is 9.89. The smallest absolute Gasteiger partial charge is 0.258 e. The summed E-state index contributed by atoms with van der Waals surface area (Å²) in [6.45, 7) is 2.24. The number of ether oxygens (including phenoxy) is 2. The highest BCUT2D eigenvalue weighted by atomic mass is 16.5. The van der Waals surface area contributed by atoms with Gasteiger partial charge in [-0.2, -0.15) is 0 Å². The minimum Gasteiger partial charge on any atom is -0.493 e. The lowest BCUT2D eigenvalue weighted by atomic mass is 10.1. The van der Waals surface area contributed by atoms with Crippen molar-refractivity contribution in [2.45, 2.75) is 6.42 Å². The number of hydrogen-bond acceptors (Lipinski definition) is 4. The number of aromatic nitrogens is 2. The van der Waals surface area contributed by atoms with Crippen LogP contribution in [0.15, 0.2) is 29.3 Å². The van der Waals surface area contributed by atoms with Gasteiger partial charge in [0, 0.05) is 18.6 Å². The maximum absolute atomic E-state index is 11.5. The number of benzene rings is 1. The predicted octanol–water partition coefficient (Wildman–Crippen LogP) is 1.34. The molecule has 1 unspecified atom stereocenters. The van der Waals surface area contributed by atoms with Gasteiger partial charge in [0.2, 0.25) is 0 Å². The predicted molar refractivity (Wildman–Crippen MR) is 66.8 cm³/mol. The van der Waals surface area contributed by atoms with Gasteiger partial charge in [0.05, 0.1) is 30.4 Å². The summed E-state index contributed by atoms with van der Waals surface area (Å²) in [6, 6.07) is 5.33. The fourth-order valence-electron chi connectivity index (χ4n) is 2.07. The molecule has 0 bridgehead atoms. The molecule has 94 valence electrons. The summed E-state index contributed by atoms with van der Waals surface area (Å²) >= 11 is 0. The zero-order chi connectivity index (χ0) is 12.4. The third-order valence-corrected chi connectivity index (χ3v) is 3.12. The molecule has 2 heterocycles. The second-order valence-electron chi connectivity index (χ2n) is 4.45. The maximum Gasteiger partial charge on any atom is 0.258 e. The number of nitrogens with zero attached hydrogens (tertiary/aromatic N) is 1. The quantitative estimate of drug-likeness (QED) is 0.887. The number of fused-ring (bicyclic) bond motifs is 1. The second-order valence-corrected chi connectivity index (χ2v) is 4.45. The van der Waals surface area contributed by atoms with E-state index in [-0.39, 0.29) is 5.56 Å². The highest BCUT2D eigenvalue weighted by Crippen LogP contribution is 2.19. The Kier molecular flexibility index (Phi) is 2.98. The van der Waals surface area contributed by atoms with Gasteiger partial charge in [-0.15, -0.1) is 0 Å². The van der Waals surface area contributed by atoms with Gasteiger partial charge in [-0.3, -0.25) is 4.79 Å². The Labute approximate surface area is 104 Å². The van der Waals surface area contributed by atoms with E-state index in [0.717, 1.165) is 25.4 Å². The van der Waals surface area contributed by atoms with E-state index in [0.29, 0.717) is 23.4 Å². The number of H-pyrrole nitrogens is 1. The standard InChI is InChI=1S/C13H14N2O3/c16-13-11-2-1-10(5-12(11)14-8-15-13)18-7-9-3-4-17-6-9/h1-2,5,8-9H,3-4,6-7H2,(H,14,15,16). The van der Waals surface area contributed by atoms with Crippen LogP contribution in [-0.4, -0.2) is 29.8 Å². The summed E-state index contributed by atoms with van der Waals surface area (Å²) in [5.41, 5.74) is 0.523. The second kappa shape index (κ2) is 4.78. The third kappa shape index (κ3) is 2.22. The van der Waals surface area contributed by atoms with Gasteiger partial charge < -0.3 is 14.5 Å². The lowest BCUT2D eigenvalue weighted by molar-refractivity contribution is 0.167. The Balaban J connectivity index is 1.78. The van der Waals surface area contributed by atoms with Crippen LogP contribution in [0.2, 0.25) is 0 Å². The molecule has 1 aromatic heterocycles.